The molecule has 0 radical (unpaired) electrons. The molecule has 0 bridgehead atoms. The first-order chi connectivity index (χ1) is 13.2. The lowest BCUT2D eigenvalue weighted by Gasteiger charge is -2.36. The Labute approximate surface area is 161 Å². The van der Waals surface area contributed by atoms with E-state index in [1.807, 2.05) is 11.0 Å². The van der Waals surface area contributed by atoms with Crippen LogP contribution in [0, 0.1) is 0 Å². The summed E-state index contributed by atoms with van der Waals surface area (Å²) < 4.78 is 5.57. The minimum atomic E-state index is -0.116. The van der Waals surface area contributed by atoms with Crippen molar-refractivity contribution >= 4 is 17.6 Å². The zero-order valence-corrected chi connectivity index (χ0v) is 16.2. The van der Waals surface area contributed by atoms with Crippen LogP contribution in [0.5, 0.6) is 0 Å². The van der Waals surface area contributed by atoms with Crippen LogP contribution in [-0.4, -0.2) is 67.1 Å². The highest BCUT2D eigenvalue weighted by Gasteiger charge is 2.25. The van der Waals surface area contributed by atoms with Crippen LogP contribution in [-0.2, 0) is 9.53 Å². The van der Waals surface area contributed by atoms with Gasteiger partial charge in [0.25, 0.3) is 5.91 Å². The van der Waals surface area contributed by atoms with E-state index in [9.17, 15) is 9.59 Å². The van der Waals surface area contributed by atoms with Gasteiger partial charge in [-0.1, -0.05) is 13.3 Å². The molecule has 7 nitrogen and oxygen atoms in total. The fraction of sp³-hybridized carbons (Fsp3) is 0.650. The maximum Gasteiger partial charge on any atom is 0.255 e. The summed E-state index contributed by atoms with van der Waals surface area (Å²) >= 11 is 0. The fourth-order valence-corrected chi connectivity index (χ4v) is 3.59. The second kappa shape index (κ2) is 9.69. The number of hydrogen-bond acceptors (Lipinski definition) is 5. The van der Waals surface area contributed by atoms with Crippen molar-refractivity contribution in [2.75, 3.05) is 44.2 Å². The Hall–Kier alpha value is -2.15. The molecule has 148 valence electrons. The molecule has 0 aliphatic carbocycles. The summed E-state index contributed by atoms with van der Waals surface area (Å²) in [6, 6.07) is 3.60. The van der Waals surface area contributed by atoms with E-state index in [4.69, 9.17) is 4.74 Å². The number of piperazine rings is 1. The molecule has 1 aromatic rings. The molecular weight excluding hydrogens is 344 g/mol. The van der Waals surface area contributed by atoms with Gasteiger partial charge in [0.1, 0.15) is 5.82 Å². The molecule has 0 saturated carbocycles. The summed E-state index contributed by atoms with van der Waals surface area (Å²) in [7, 11) is 0. The molecule has 0 aromatic carbocycles. The molecule has 3 heterocycles. The summed E-state index contributed by atoms with van der Waals surface area (Å²) in [5.74, 6) is 0.810. The number of unbranched alkanes of at least 4 members (excludes halogenated alkanes) is 1. The van der Waals surface area contributed by atoms with Gasteiger partial charge in [-0.05, 0) is 31.4 Å². The van der Waals surface area contributed by atoms with E-state index in [0.717, 1.165) is 32.3 Å². The predicted molar refractivity (Wildman–Crippen MR) is 104 cm³/mol. The SMILES string of the molecule is CCCCC(=O)N1CCN(c2ncccc2C(=O)NC[C@H]2CCCO2)CC1. The van der Waals surface area contributed by atoms with E-state index in [-0.39, 0.29) is 17.9 Å². The van der Waals surface area contributed by atoms with Crippen LogP contribution in [0.3, 0.4) is 0 Å². The first-order valence-corrected chi connectivity index (χ1v) is 10.1. The van der Waals surface area contributed by atoms with E-state index in [1.165, 1.54) is 0 Å². The Morgan fingerprint density at radius 2 is 2.11 bits per heavy atom. The van der Waals surface area contributed by atoms with E-state index in [2.05, 4.69) is 22.1 Å². The minimum Gasteiger partial charge on any atom is -0.376 e. The van der Waals surface area contributed by atoms with Crippen molar-refractivity contribution < 1.29 is 14.3 Å². The molecule has 2 amide bonds. The second-order valence-electron chi connectivity index (χ2n) is 7.19. The average Bonchev–Trinajstić information content (AvgIpc) is 3.24. The van der Waals surface area contributed by atoms with Crippen molar-refractivity contribution in [1.29, 1.82) is 0 Å². The van der Waals surface area contributed by atoms with Crippen molar-refractivity contribution in [3.8, 4) is 0 Å². The molecular formula is C20H30N4O3. The van der Waals surface area contributed by atoms with Crippen LogP contribution in [0.15, 0.2) is 18.3 Å². The third-order valence-corrected chi connectivity index (χ3v) is 5.22. The van der Waals surface area contributed by atoms with Gasteiger partial charge in [0.15, 0.2) is 0 Å². The zero-order valence-electron chi connectivity index (χ0n) is 16.2. The number of carbonyl (C=O) groups is 2. The predicted octanol–water partition coefficient (Wildman–Crippen LogP) is 1.83. The number of anilines is 1. The number of nitrogens with zero attached hydrogens (tertiary/aromatic N) is 3. The molecule has 1 aromatic heterocycles. The number of aromatic nitrogens is 1. The van der Waals surface area contributed by atoms with Crippen LogP contribution in [0.2, 0.25) is 0 Å². The first-order valence-electron chi connectivity index (χ1n) is 10.1. The highest BCUT2D eigenvalue weighted by atomic mass is 16.5. The number of carbonyl (C=O) groups excluding carboxylic acids is 2. The third kappa shape index (κ3) is 5.19. The Morgan fingerprint density at radius 1 is 1.30 bits per heavy atom. The molecule has 2 aliphatic heterocycles. The van der Waals surface area contributed by atoms with Gasteiger partial charge in [0, 0.05) is 51.9 Å². The van der Waals surface area contributed by atoms with Crippen LogP contribution >= 0.6 is 0 Å². The quantitative estimate of drug-likeness (QED) is 0.788. The highest BCUT2D eigenvalue weighted by Crippen LogP contribution is 2.20. The Kier molecular flexibility index (Phi) is 7.04. The largest absolute Gasteiger partial charge is 0.376 e. The number of amides is 2. The molecule has 27 heavy (non-hydrogen) atoms. The summed E-state index contributed by atoms with van der Waals surface area (Å²) in [4.78, 5) is 33.3. The highest BCUT2D eigenvalue weighted by molar-refractivity contribution is 5.99. The lowest BCUT2D eigenvalue weighted by Crippen LogP contribution is -2.49. The van der Waals surface area contributed by atoms with Gasteiger partial charge < -0.3 is 19.9 Å². The molecule has 0 unspecified atom stereocenters. The van der Waals surface area contributed by atoms with E-state index < -0.39 is 0 Å². The number of ether oxygens (including phenoxy) is 1. The molecule has 2 saturated heterocycles. The van der Waals surface area contributed by atoms with E-state index in [0.29, 0.717) is 50.5 Å². The molecule has 3 rings (SSSR count). The summed E-state index contributed by atoms with van der Waals surface area (Å²) in [6.45, 7) is 6.15. The third-order valence-electron chi connectivity index (χ3n) is 5.22. The van der Waals surface area contributed by atoms with Crippen molar-refractivity contribution in [2.45, 2.75) is 45.1 Å². The summed E-state index contributed by atoms with van der Waals surface area (Å²) in [6.07, 6.45) is 6.47. The Balaban J connectivity index is 1.57. The lowest BCUT2D eigenvalue weighted by atomic mass is 10.1. The molecule has 7 heteroatoms. The number of hydrogen-bond donors (Lipinski definition) is 1. The summed E-state index contributed by atoms with van der Waals surface area (Å²) in [5.41, 5.74) is 0.584. The molecule has 2 fully saturated rings. The summed E-state index contributed by atoms with van der Waals surface area (Å²) in [5, 5.41) is 2.98. The van der Waals surface area contributed by atoms with Crippen molar-refractivity contribution in [2.24, 2.45) is 0 Å². The molecule has 0 spiro atoms. The molecule has 1 N–H and O–H groups in total. The van der Waals surface area contributed by atoms with E-state index in [1.54, 1.807) is 12.3 Å². The number of pyridine rings is 1. The van der Waals surface area contributed by atoms with Crippen LogP contribution in [0.1, 0.15) is 49.4 Å². The van der Waals surface area contributed by atoms with Gasteiger partial charge in [-0.3, -0.25) is 9.59 Å². The normalized spacial score (nSPS) is 20.0. The number of rotatable bonds is 7. The van der Waals surface area contributed by atoms with E-state index >= 15 is 0 Å². The second-order valence-corrected chi connectivity index (χ2v) is 7.19. The minimum absolute atomic E-state index is 0.116. The van der Waals surface area contributed by atoms with Crippen molar-refractivity contribution in [1.82, 2.24) is 15.2 Å². The van der Waals surface area contributed by atoms with Gasteiger partial charge in [0.2, 0.25) is 5.91 Å². The fourth-order valence-electron chi connectivity index (χ4n) is 3.59. The van der Waals surface area contributed by atoms with Crippen molar-refractivity contribution in [3.05, 3.63) is 23.9 Å². The molecule has 1 atom stereocenters. The van der Waals surface area contributed by atoms with Crippen molar-refractivity contribution in [3.63, 3.8) is 0 Å². The topological polar surface area (TPSA) is 74.8 Å². The van der Waals surface area contributed by atoms with Gasteiger partial charge in [-0.2, -0.15) is 0 Å². The number of nitrogens with one attached hydrogen (secondary N) is 1. The van der Waals surface area contributed by atoms with Crippen LogP contribution < -0.4 is 10.2 Å². The van der Waals surface area contributed by atoms with Gasteiger partial charge in [-0.25, -0.2) is 4.98 Å². The first kappa shape index (κ1) is 19.6. The van der Waals surface area contributed by atoms with Crippen LogP contribution in [0.25, 0.3) is 0 Å². The van der Waals surface area contributed by atoms with Crippen LogP contribution in [0.4, 0.5) is 5.82 Å². The monoisotopic (exact) mass is 374 g/mol. The lowest BCUT2D eigenvalue weighted by molar-refractivity contribution is -0.131. The zero-order chi connectivity index (χ0) is 19.1. The average molecular weight is 374 g/mol. The maximum atomic E-state index is 12.7. The Morgan fingerprint density at radius 3 is 2.81 bits per heavy atom. The van der Waals surface area contributed by atoms with Gasteiger partial charge in [-0.15, -0.1) is 0 Å². The standard InChI is InChI=1S/C20H30N4O3/c1-2-3-8-18(25)23-10-12-24(13-11-23)19-17(7-4-9-21-19)20(26)22-15-16-6-5-14-27-16/h4,7,9,16H,2-3,5-6,8,10-15H2,1H3,(H,22,26)/t16-/m1/s1. The smallest absolute Gasteiger partial charge is 0.255 e. The maximum absolute atomic E-state index is 12.7. The van der Waals surface area contributed by atoms with Gasteiger partial charge >= 0.3 is 0 Å². The van der Waals surface area contributed by atoms with Gasteiger partial charge in [0.05, 0.1) is 11.7 Å². The molecule has 2 aliphatic rings. The Bertz CT molecular complexity index is 638.